The third-order valence-electron chi connectivity index (χ3n) is 4.16. The van der Waals surface area contributed by atoms with Crippen molar-refractivity contribution in [2.75, 3.05) is 6.54 Å². The van der Waals surface area contributed by atoms with Gasteiger partial charge in [0.2, 0.25) is 0 Å². The molecule has 0 spiro atoms. The zero-order valence-corrected chi connectivity index (χ0v) is 13.9. The van der Waals surface area contributed by atoms with E-state index in [1.165, 1.54) is 12.1 Å². The van der Waals surface area contributed by atoms with E-state index in [2.05, 4.69) is 25.5 Å². The molecule has 7 heteroatoms. The molecule has 0 saturated heterocycles. The quantitative estimate of drug-likeness (QED) is 0.703. The first-order chi connectivity index (χ1) is 12.7. The van der Waals surface area contributed by atoms with Gasteiger partial charge in [0.25, 0.3) is 5.91 Å². The normalized spacial score (nSPS) is 13.7. The lowest BCUT2D eigenvalue weighted by Gasteiger charge is -2.10. The van der Waals surface area contributed by atoms with Gasteiger partial charge in [0.05, 0.1) is 16.9 Å². The Bertz CT molecular complexity index is 995. The van der Waals surface area contributed by atoms with Gasteiger partial charge in [0.1, 0.15) is 12.4 Å². The number of hydrogen-bond donors (Lipinski definition) is 2. The van der Waals surface area contributed by atoms with Crippen LogP contribution < -0.4 is 5.32 Å². The smallest absolute Gasteiger partial charge is 0.253 e. The van der Waals surface area contributed by atoms with Gasteiger partial charge < -0.3 is 10.3 Å². The van der Waals surface area contributed by atoms with Crippen molar-refractivity contribution in [3.05, 3.63) is 71.4 Å². The third-order valence-corrected chi connectivity index (χ3v) is 4.16. The summed E-state index contributed by atoms with van der Waals surface area (Å²) in [6.07, 6.45) is 2.49. The van der Waals surface area contributed by atoms with Crippen LogP contribution >= 0.6 is 0 Å². The average Bonchev–Trinajstić information content (AvgIpc) is 3.08. The zero-order chi connectivity index (χ0) is 17.9. The summed E-state index contributed by atoms with van der Waals surface area (Å²) in [4.78, 5) is 19.5. The molecule has 26 heavy (non-hydrogen) atoms. The molecular weight excluding hydrogens is 333 g/mol. The van der Waals surface area contributed by atoms with Crippen molar-refractivity contribution in [3.8, 4) is 11.3 Å². The van der Waals surface area contributed by atoms with Crippen LogP contribution in [0.5, 0.6) is 0 Å². The number of carbonyl (C=O) groups excluding carboxylic acids is 1. The lowest BCUT2D eigenvalue weighted by atomic mass is 10.1. The van der Waals surface area contributed by atoms with Gasteiger partial charge in [0, 0.05) is 42.2 Å². The van der Waals surface area contributed by atoms with Crippen LogP contribution in [0.2, 0.25) is 0 Å². The molecule has 2 N–H and O–H groups in total. The van der Waals surface area contributed by atoms with Crippen LogP contribution in [-0.2, 0) is 13.0 Å². The van der Waals surface area contributed by atoms with Crippen molar-refractivity contribution in [3.63, 3.8) is 0 Å². The number of aromatic nitrogens is 2. The van der Waals surface area contributed by atoms with Gasteiger partial charge in [-0.2, -0.15) is 10.2 Å². The van der Waals surface area contributed by atoms with E-state index in [4.69, 9.17) is 0 Å². The number of pyridine rings is 1. The largest absolute Gasteiger partial charge is 0.358 e. The molecule has 0 saturated carbocycles. The predicted molar refractivity (Wildman–Crippen MR) is 94.7 cm³/mol. The number of carbonyl (C=O) groups is 1. The van der Waals surface area contributed by atoms with Crippen LogP contribution in [0, 0.1) is 5.82 Å². The zero-order valence-electron chi connectivity index (χ0n) is 13.9. The van der Waals surface area contributed by atoms with Gasteiger partial charge in [-0.25, -0.2) is 4.39 Å². The minimum Gasteiger partial charge on any atom is -0.358 e. The highest BCUT2D eigenvalue weighted by molar-refractivity contribution is 5.97. The van der Waals surface area contributed by atoms with Crippen LogP contribution in [0.1, 0.15) is 21.7 Å². The van der Waals surface area contributed by atoms with E-state index in [1.54, 1.807) is 18.3 Å². The Hall–Kier alpha value is -3.35. The minimum atomic E-state index is -0.346. The lowest BCUT2D eigenvalue weighted by Crippen LogP contribution is -2.31. The fourth-order valence-electron chi connectivity index (χ4n) is 2.91. The molecule has 1 aliphatic heterocycles. The fourth-order valence-corrected chi connectivity index (χ4v) is 2.91. The Morgan fingerprint density at radius 1 is 1.19 bits per heavy atom. The molecule has 6 nitrogen and oxygen atoms in total. The number of fused-ring (bicyclic) bond motifs is 1. The molecule has 3 aromatic rings. The number of amides is 1. The number of hydrogen-bond acceptors (Lipinski definition) is 4. The summed E-state index contributed by atoms with van der Waals surface area (Å²) in [6, 6.07) is 11.6. The van der Waals surface area contributed by atoms with Crippen LogP contribution in [0.4, 0.5) is 10.1 Å². The van der Waals surface area contributed by atoms with Crippen molar-refractivity contribution in [1.29, 1.82) is 0 Å². The second-order valence-corrected chi connectivity index (χ2v) is 6.00. The second kappa shape index (κ2) is 6.87. The van der Waals surface area contributed by atoms with Gasteiger partial charge in [-0.05, 0) is 30.3 Å². The number of aromatic amines is 1. The first-order valence-corrected chi connectivity index (χ1v) is 8.27. The molecular formula is C19H16FN5O. The number of benzene rings is 1. The van der Waals surface area contributed by atoms with Crippen LogP contribution in [-0.4, -0.2) is 22.4 Å². The van der Waals surface area contributed by atoms with E-state index in [-0.39, 0.29) is 18.3 Å². The standard InChI is InChI=1S/C19H16FN5O/c20-13-2-1-3-14(9-13)25-23-11-15-8-12(4-6-21-15)18-10-16-17(24-18)5-7-22-19(16)26/h1-4,6,8-10,24H,5,7,11H2,(H,22,26). The number of nitrogens with zero attached hydrogens (tertiary/aromatic N) is 3. The Kier molecular flexibility index (Phi) is 4.27. The van der Waals surface area contributed by atoms with E-state index in [0.29, 0.717) is 17.8 Å². The van der Waals surface area contributed by atoms with E-state index < -0.39 is 0 Å². The summed E-state index contributed by atoms with van der Waals surface area (Å²) in [5.41, 5.74) is 4.64. The number of rotatable bonds is 4. The number of nitrogens with one attached hydrogen (secondary N) is 2. The molecule has 2 aromatic heterocycles. The highest BCUT2D eigenvalue weighted by Gasteiger charge is 2.19. The summed E-state index contributed by atoms with van der Waals surface area (Å²) in [7, 11) is 0. The van der Waals surface area contributed by atoms with Crippen molar-refractivity contribution >= 4 is 11.6 Å². The first-order valence-electron chi connectivity index (χ1n) is 8.27. The molecule has 0 bridgehead atoms. The Balaban J connectivity index is 1.53. The van der Waals surface area contributed by atoms with E-state index >= 15 is 0 Å². The SMILES string of the molecule is O=C1NCCc2[nH]c(-c3ccnc(CN=Nc4cccc(F)c4)c3)cc21. The Morgan fingerprint density at radius 3 is 2.96 bits per heavy atom. The number of azo groups is 1. The van der Waals surface area contributed by atoms with E-state index in [0.717, 1.165) is 29.1 Å². The van der Waals surface area contributed by atoms with Gasteiger partial charge >= 0.3 is 0 Å². The maximum absolute atomic E-state index is 13.1. The summed E-state index contributed by atoms with van der Waals surface area (Å²) in [5.74, 6) is -0.395. The number of H-pyrrole nitrogens is 1. The summed E-state index contributed by atoms with van der Waals surface area (Å²) < 4.78 is 13.1. The lowest BCUT2D eigenvalue weighted by molar-refractivity contribution is 0.0946. The molecule has 0 fully saturated rings. The highest BCUT2D eigenvalue weighted by Crippen LogP contribution is 2.24. The Morgan fingerprint density at radius 2 is 2.12 bits per heavy atom. The average molecular weight is 349 g/mol. The van der Waals surface area contributed by atoms with Gasteiger partial charge in [-0.15, -0.1) is 0 Å². The van der Waals surface area contributed by atoms with Crippen LogP contribution in [0.15, 0.2) is 58.9 Å². The predicted octanol–water partition coefficient (Wildman–Crippen LogP) is 3.79. The summed E-state index contributed by atoms with van der Waals surface area (Å²) in [5, 5.41) is 10.9. The van der Waals surface area contributed by atoms with Gasteiger partial charge in [0.15, 0.2) is 0 Å². The molecule has 3 heterocycles. The summed E-state index contributed by atoms with van der Waals surface area (Å²) >= 11 is 0. The van der Waals surface area contributed by atoms with Gasteiger partial charge in [-0.1, -0.05) is 6.07 Å². The van der Waals surface area contributed by atoms with Crippen LogP contribution in [0.3, 0.4) is 0 Å². The highest BCUT2D eigenvalue weighted by atomic mass is 19.1. The van der Waals surface area contributed by atoms with Crippen molar-refractivity contribution < 1.29 is 9.18 Å². The molecule has 130 valence electrons. The summed E-state index contributed by atoms with van der Waals surface area (Å²) in [6.45, 7) is 0.930. The van der Waals surface area contributed by atoms with Crippen LogP contribution in [0.25, 0.3) is 11.3 Å². The molecule has 0 unspecified atom stereocenters. The maximum atomic E-state index is 13.1. The molecule has 1 aromatic carbocycles. The van der Waals surface area contributed by atoms with Crippen molar-refractivity contribution in [2.24, 2.45) is 10.2 Å². The second-order valence-electron chi connectivity index (χ2n) is 6.00. The molecule has 0 aliphatic carbocycles. The molecule has 0 radical (unpaired) electrons. The van der Waals surface area contributed by atoms with Gasteiger partial charge in [-0.3, -0.25) is 9.78 Å². The Labute approximate surface area is 149 Å². The molecule has 0 atom stereocenters. The maximum Gasteiger partial charge on any atom is 0.253 e. The van der Waals surface area contributed by atoms with E-state index in [9.17, 15) is 9.18 Å². The molecule has 4 rings (SSSR count). The first kappa shape index (κ1) is 16.1. The molecule has 1 amide bonds. The monoisotopic (exact) mass is 349 g/mol. The van der Waals surface area contributed by atoms with E-state index in [1.807, 2.05) is 18.2 Å². The van der Waals surface area contributed by atoms with Crippen molar-refractivity contribution in [2.45, 2.75) is 13.0 Å². The topological polar surface area (TPSA) is 82.5 Å². The molecule has 1 aliphatic rings. The number of halogens is 1. The fraction of sp³-hybridized carbons (Fsp3) is 0.158. The minimum absolute atomic E-state index is 0.0491. The van der Waals surface area contributed by atoms with Crippen molar-refractivity contribution in [1.82, 2.24) is 15.3 Å². The third kappa shape index (κ3) is 3.37.